The van der Waals surface area contributed by atoms with E-state index in [4.69, 9.17) is 0 Å². The monoisotopic (exact) mass is 404 g/mol. The topological polar surface area (TPSA) is 57.7 Å². The Balaban J connectivity index is 1.99. The summed E-state index contributed by atoms with van der Waals surface area (Å²) in [4.78, 5) is 15.1. The normalized spacial score (nSPS) is 14.4. The van der Waals surface area contributed by atoms with Gasteiger partial charge in [0.2, 0.25) is 10.0 Å². The minimum absolute atomic E-state index is 0.103. The van der Waals surface area contributed by atoms with Crippen LogP contribution in [0.15, 0.2) is 41.3 Å². The first-order chi connectivity index (χ1) is 13.1. The largest absolute Gasteiger partial charge is 0.331 e. The molecule has 0 N–H and O–H groups in total. The van der Waals surface area contributed by atoms with E-state index in [1.54, 1.807) is 36.9 Å². The summed E-state index contributed by atoms with van der Waals surface area (Å²) in [5.74, 6) is -0.573. The molecule has 7 heteroatoms. The second-order valence-corrected chi connectivity index (χ2v) is 9.62. The van der Waals surface area contributed by atoms with Crippen LogP contribution < -0.4 is 0 Å². The fourth-order valence-electron chi connectivity index (χ4n) is 3.17. The van der Waals surface area contributed by atoms with E-state index >= 15 is 0 Å². The zero-order valence-corrected chi connectivity index (χ0v) is 17.4. The van der Waals surface area contributed by atoms with E-state index in [1.807, 2.05) is 0 Å². The molecule has 0 aromatic heterocycles. The second-order valence-electron chi connectivity index (χ2n) is 7.50. The molecule has 0 saturated heterocycles. The number of hydrogen-bond donors (Lipinski definition) is 0. The number of halogens is 1. The zero-order chi connectivity index (χ0) is 20.6. The average Bonchev–Trinajstić information content (AvgIpc) is 3.46. The Bertz CT molecular complexity index is 1010. The van der Waals surface area contributed by atoms with E-state index < -0.39 is 10.0 Å². The Morgan fingerprint density at radius 2 is 1.82 bits per heavy atom. The summed E-state index contributed by atoms with van der Waals surface area (Å²) in [6.07, 6.45) is 1.80. The molecule has 0 unspecified atom stereocenters. The summed E-state index contributed by atoms with van der Waals surface area (Å²) in [7, 11) is -0.725. The maximum Gasteiger partial charge on any atom is 0.254 e. The van der Waals surface area contributed by atoms with Gasteiger partial charge in [-0.15, -0.1) is 0 Å². The van der Waals surface area contributed by atoms with Gasteiger partial charge in [-0.1, -0.05) is 12.1 Å². The van der Waals surface area contributed by atoms with Gasteiger partial charge in [-0.05, 0) is 67.6 Å². The van der Waals surface area contributed by atoms with Crippen molar-refractivity contribution in [3.8, 4) is 0 Å². The van der Waals surface area contributed by atoms with E-state index in [0.717, 1.165) is 22.7 Å². The van der Waals surface area contributed by atoms with E-state index in [2.05, 4.69) is 0 Å². The summed E-state index contributed by atoms with van der Waals surface area (Å²) in [6.45, 7) is 3.84. The smallest absolute Gasteiger partial charge is 0.254 e. The minimum atomic E-state index is -3.67. The third kappa shape index (κ3) is 4.10. The molecule has 0 aliphatic heterocycles. The van der Waals surface area contributed by atoms with Gasteiger partial charge in [0.15, 0.2) is 0 Å². The molecule has 28 heavy (non-hydrogen) atoms. The van der Waals surface area contributed by atoms with Crippen LogP contribution in [0.1, 0.15) is 39.9 Å². The van der Waals surface area contributed by atoms with Crippen molar-refractivity contribution in [2.45, 2.75) is 44.2 Å². The van der Waals surface area contributed by atoms with Crippen LogP contribution in [0.5, 0.6) is 0 Å². The van der Waals surface area contributed by atoms with Gasteiger partial charge in [-0.2, -0.15) is 0 Å². The number of aryl methyl sites for hydroxylation is 1. The SMILES string of the molecule is Cc1cc(C(=O)N(Cc2cccc(F)c2)C2CC2)cc(S(=O)(=O)N(C)C)c1C. The lowest BCUT2D eigenvalue weighted by Crippen LogP contribution is -2.33. The molecule has 0 radical (unpaired) electrons. The van der Waals surface area contributed by atoms with Gasteiger partial charge >= 0.3 is 0 Å². The molecule has 3 rings (SSSR count). The predicted molar refractivity (Wildman–Crippen MR) is 106 cm³/mol. The predicted octanol–water partition coefficient (Wildman–Crippen LogP) is 3.50. The van der Waals surface area contributed by atoms with Crippen LogP contribution in [0.2, 0.25) is 0 Å². The highest BCUT2D eigenvalue weighted by Gasteiger charge is 2.34. The Hall–Kier alpha value is -2.25. The highest BCUT2D eigenvalue weighted by atomic mass is 32.2. The first kappa shape index (κ1) is 20.5. The van der Waals surface area contributed by atoms with E-state index in [1.165, 1.54) is 32.3 Å². The van der Waals surface area contributed by atoms with Crippen molar-refractivity contribution in [3.05, 3.63) is 64.5 Å². The molecule has 0 heterocycles. The van der Waals surface area contributed by atoms with E-state index in [9.17, 15) is 17.6 Å². The fourth-order valence-corrected chi connectivity index (χ4v) is 4.38. The second kappa shape index (κ2) is 7.64. The Labute approximate surface area is 165 Å². The first-order valence-corrected chi connectivity index (χ1v) is 10.6. The molecule has 2 aromatic rings. The highest BCUT2D eigenvalue weighted by molar-refractivity contribution is 7.89. The molecule has 150 valence electrons. The standard InChI is InChI=1S/C21H25FN2O3S/c1-14-10-17(12-20(15(14)2)28(26,27)23(3)4)21(25)24(19-8-9-19)13-16-6-5-7-18(22)11-16/h5-7,10-12,19H,8-9,13H2,1-4H3. The molecule has 1 fully saturated rings. The van der Waals surface area contributed by atoms with Crippen molar-refractivity contribution in [3.63, 3.8) is 0 Å². The molecule has 1 saturated carbocycles. The number of carbonyl (C=O) groups is 1. The fraction of sp³-hybridized carbons (Fsp3) is 0.381. The third-order valence-electron chi connectivity index (χ3n) is 5.12. The van der Waals surface area contributed by atoms with Crippen molar-refractivity contribution < 1.29 is 17.6 Å². The minimum Gasteiger partial charge on any atom is -0.331 e. The van der Waals surface area contributed by atoms with Crippen LogP contribution >= 0.6 is 0 Å². The summed E-state index contributed by atoms with van der Waals surface area (Å²) >= 11 is 0. The lowest BCUT2D eigenvalue weighted by Gasteiger charge is -2.24. The summed E-state index contributed by atoms with van der Waals surface area (Å²) in [5, 5.41) is 0. The zero-order valence-electron chi connectivity index (χ0n) is 16.6. The molecule has 1 aliphatic rings. The van der Waals surface area contributed by atoms with Crippen molar-refractivity contribution in [2.24, 2.45) is 0 Å². The van der Waals surface area contributed by atoms with Gasteiger partial charge in [0.25, 0.3) is 5.91 Å². The molecular formula is C21H25FN2O3S. The van der Waals surface area contributed by atoms with Gasteiger partial charge < -0.3 is 4.90 Å². The molecule has 1 aliphatic carbocycles. The summed E-state index contributed by atoms with van der Waals surface area (Å²) in [6, 6.07) is 9.49. The van der Waals surface area contributed by atoms with Crippen molar-refractivity contribution in [1.29, 1.82) is 0 Å². The first-order valence-electron chi connectivity index (χ1n) is 9.20. The number of amides is 1. The van der Waals surface area contributed by atoms with Crippen molar-refractivity contribution >= 4 is 15.9 Å². The molecule has 0 atom stereocenters. The number of carbonyl (C=O) groups excluding carboxylic acids is 1. The maximum absolute atomic E-state index is 13.5. The molecule has 0 bridgehead atoms. The van der Waals surface area contributed by atoms with E-state index in [-0.39, 0.29) is 22.7 Å². The number of sulfonamides is 1. The molecule has 1 amide bonds. The molecule has 2 aromatic carbocycles. The van der Waals surface area contributed by atoms with E-state index in [0.29, 0.717) is 23.2 Å². The average molecular weight is 405 g/mol. The number of benzene rings is 2. The van der Waals surface area contributed by atoms with Crippen LogP contribution in [0.4, 0.5) is 4.39 Å². The Morgan fingerprint density at radius 1 is 1.14 bits per heavy atom. The number of hydrogen-bond acceptors (Lipinski definition) is 3. The number of nitrogens with zero attached hydrogens (tertiary/aromatic N) is 2. The van der Waals surface area contributed by atoms with Gasteiger partial charge in [0.1, 0.15) is 5.82 Å². The van der Waals surface area contributed by atoms with Gasteiger partial charge in [-0.3, -0.25) is 4.79 Å². The lowest BCUT2D eigenvalue weighted by atomic mass is 10.0. The van der Waals surface area contributed by atoms with Crippen LogP contribution in [0.3, 0.4) is 0 Å². The van der Waals surface area contributed by atoms with Gasteiger partial charge in [0, 0.05) is 32.2 Å². The summed E-state index contributed by atoms with van der Waals surface area (Å²) in [5.41, 5.74) is 2.43. The quantitative estimate of drug-likeness (QED) is 0.740. The molecule has 5 nitrogen and oxygen atoms in total. The van der Waals surface area contributed by atoms with Gasteiger partial charge in [-0.25, -0.2) is 17.1 Å². The van der Waals surface area contributed by atoms with Crippen LogP contribution in [-0.2, 0) is 16.6 Å². The number of rotatable bonds is 6. The Kier molecular flexibility index (Phi) is 5.59. The van der Waals surface area contributed by atoms with Crippen molar-refractivity contribution in [2.75, 3.05) is 14.1 Å². The highest BCUT2D eigenvalue weighted by Crippen LogP contribution is 2.31. The Morgan fingerprint density at radius 3 is 2.39 bits per heavy atom. The lowest BCUT2D eigenvalue weighted by molar-refractivity contribution is 0.0729. The van der Waals surface area contributed by atoms with Crippen molar-refractivity contribution in [1.82, 2.24) is 9.21 Å². The van der Waals surface area contributed by atoms with Crippen LogP contribution in [0, 0.1) is 19.7 Å². The molecule has 0 spiro atoms. The van der Waals surface area contributed by atoms with Crippen LogP contribution in [0.25, 0.3) is 0 Å². The van der Waals surface area contributed by atoms with Gasteiger partial charge in [0.05, 0.1) is 4.90 Å². The summed E-state index contributed by atoms with van der Waals surface area (Å²) < 4.78 is 40.1. The maximum atomic E-state index is 13.5. The van der Waals surface area contributed by atoms with Crippen LogP contribution in [-0.4, -0.2) is 43.7 Å². The third-order valence-corrected chi connectivity index (χ3v) is 7.06. The molecular weight excluding hydrogens is 379 g/mol.